The predicted octanol–water partition coefficient (Wildman–Crippen LogP) is 3.05. The molecule has 0 saturated heterocycles. The number of ether oxygens (including phenoxy) is 2. The van der Waals surface area contributed by atoms with Gasteiger partial charge in [-0.15, -0.1) is 0 Å². The minimum Gasteiger partial charge on any atom is -0.493 e. The fraction of sp³-hybridized carbons (Fsp3) is 0.250. The summed E-state index contributed by atoms with van der Waals surface area (Å²) in [6.07, 6.45) is 0.714. The van der Waals surface area contributed by atoms with Crippen molar-refractivity contribution < 1.29 is 18.3 Å². The average Bonchev–Trinajstić information content (AvgIpc) is 2.47. The van der Waals surface area contributed by atoms with Crippen molar-refractivity contribution in [2.24, 2.45) is 5.73 Å². The topological polar surface area (TPSA) is 44.5 Å². The summed E-state index contributed by atoms with van der Waals surface area (Å²) in [4.78, 5) is 0. The van der Waals surface area contributed by atoms with Gasteiger partial charge < -0.3 is 15.2 Å². The molecule has 112 valence electrons. The van der Waals surface area contributed by atoms with Gasteiger partial charge >= 0.3 is 0 Å². The summed E-state index contributed by atoms with van der Waals surface area (Å²) in [5, 5.41) is 0. The van der Waals surface area contributed by atoms with Gasteiger partial charge in [0.25, 0.3) is 0 Å². The number of rotatable bonds is 6. The number of hydrogen-bond acceptors (Lipinski definition) is 3. The third-order valence-electron chi connectivity index (χ3n) is 3.06. The van der Waals surface area contributed by atoms with Crippen LogP contribution in [0.25, 0.3) is 0 Å². The van der Waals surface area contributed by atoms with Crippen LogP contribution < -0.4 is 15.2 Å². The summed E-state index contributed by atoms with van der Waals surface area (Å²) in [5.74, 6) is -0.184. The maximum Gasteiger partial charge on any atom is 0.161 e. The van der Waals surface area contributed by atoms with Gasteiger partial charge in [-0.1, -0.05) is 6.07 Å². The average molecular weight is 293 g/mol. The minimum absolute atomic E-state index is 0.00541. The quantitative estimate of drug-likeness (QED) is 0.890. The fourth-order valence-electron chi connectivity index (χ4n) is 1.95. The van der Waals surface area contributed by atoms with Crippen LogP contribution in [0.1, 0.15) is 11.1 Å². The molecule has 0 atom stereocenters. The molecule has 0 aliphatic carbocycles. The van der Waals surface area contributed by atoms with Gasteiger partial charge in [-0.2, -0.15) is 0 Å². The van der Waals surface area contributed by atoms with E-state index in [1.807, 2.05) is 12.1 Å². The molecule has 0 aliphatic heterocycles. The van der Waals surface area contributed by atoms with E-state index < -0.39 is 11.6 Å². The lowest BCUT2D eigenvalue weighted by Crippen LogP contribution is -2.04. The lowest BCUT2D eigenvalue weighted by atomic mass is 10.1. The number of benzene rings is 2. The summed E-state index contributed by atoms with van der Waals surface area (Å²) in [5.41, 5.74) is 6.81. The summed E-state index contributed by atoms with van der Waals surface area (Å²) in [6, 6.07) is 8.89. The van der Waals surface area contributed by atoms with Crippen molar-refractivity contribution in [1.82, 2.24) is 0 Å². The molecule has 0 fully saturated rings. The van der Waals surface area contributed by atoms with Crippen LogP contribution in [0, 0.1) is 11.6 Å². The van der Waals surface area contributed by atoms with Gasteiger partial charge in [-0.25, -0.2) is 8.78 Å². The van der Waals surface area contributed by atoms with Gasteiger partial charge in [-0.3, -0.25) is 0 Å². The van der Waals surface area contributed by atoms with Gasteiger partial charge in [0.05, 0.1) is 7.11 Å². The van der Waals surface area contributed by atoms with E-state index in [1.54, 1.807) is 6.07 Å². The Bertz CT molecular complexity index is 617. The Morgan fingerprint density at radius 3 is 2.52 bits per heavy atom. The van der Waals surface area contributed by atoms with E-state index in [1.165, 1.54) is 19.2 Å². The zero-order valence-corrected chi connectivity index (χ0v) is 11.7. The van der Waals surface area contributed by atoms with Gasteiger partial charge in [-0.05, 0) is 42.8 Å². The van der Waals surface area contributed by atoms with Gasteiger partial charge in [0, 0.05) is 11.6 Å². The normalized spacial score (nSPS) is 10.5. The molecule has 21 heavy (non-hydrogen) atoms. The molecule has 0 heterocycles. The minimum atomic E-state index is -0.632. The van der Waals surface area contributed by atoms with Crippen LogP contribution in [0.2, 0.25) is 0 Å². The van der Waals surface area contributed by atoms with Crippen molar-refractivity contribution in [1.29, 1.82) is 0 Å². The van der Waals surface area contributed by atoms with Crippen molar-refractivity contribution in [3.05, 3.63) is 59.2 Å². The zero-order chi connectivity index (χ0) is 15.2. The number of halogens is 2. The first-order valence-electron chi connectivity index (χ1n) is 6.57. The molecule has 2 N–H and O–H groups in total. The highest BCUT2D eigenvalue weighted by atomic mass is 19.1. The second-order valence-electron chi connectivity index (χ2n) is 4.55. The lowest BCUT2D eigenvalue weighted by Gasteiger charge is -2.12. The first kappa shape index (κ1) is 15.3. The van der Waals surface area contributed by atoms with E-state index in [0.29, 0.717) is 24.5 Å². The maximum atomic E-state index is 13.6. The number of hydrogen-bond donors (Lipinski definition) is 1. The first-order valence-corrected chi connectivity index (χ1v) is 6.57. The Kier molecular flexibility index (Phi) is 5.11. The second kappa shape index (κ2) is 7.04. The molecule has 0 saturated carbocycles. The third kappa shape index (κ3) is 3.92. The molecule has 0 aromatic heterocycles. The molecular formula is C16H17F2NO2. The van der Waals surface area contributed by atoms with E-state index in [4.69, 9.17) is 15.2 Å². The highest BCUT2D eigenvalue weighted by Gasteiger charge is 2.09. The van der Waals surface area contributed by atoms with Gasteiger partial charge in [0.1, 0.15) is 18.2 Å². The summed E-state index contributed by atoms with van der Waals surface area (Å²) in [6.45, 7) is 0.521. The molecule has 2 rings (SSSR count). The van der Waals surface area contributed by atoms with Gasteiger partial charge in [0.15, 0.2) is 11.5 Å². The van der Waals surface area contributed by atoms with Crippen molar-refractivity contribution in [3.8, 4) is 11.5 Å². The van der Waals surface area contributed by atoms with Crippen LogP contribution in [0.3, 0.4) is 0 Å². The largest absolute Gasteiger partial charge is 0.493 e. The monoisotopic (exact) mass is 293 g/mol. The molecule has 2 aromatic carbocycles. The van der Waals surface area contributed by atoms with Crippen molar-refractivity contribution in [3.63, 3.8) is 0 Å². The van der Waals surface area contributed by atoms with Crippen LogP contribution in [0.5, 0.6) is 11.5 Å². The van der Waals surface area contributed by atoms with E-state index in [9.17, 15) is 8.78 Å². The van der Waals surface area contributed by atoms with E-state index in [-0.39, 0.29) is 12.2 Å². The Hall–Kier alpha value is -2.14. The number of nitrogens with two attached hydrogens (primary N) is 1. The first-order chi connectivity index (χ1) is 10.1. The fourth-order valence-corrected chi connectivity index (χ4v) is 1.95. The molecule has 2 aromatic rings. The van der Waals surface area contributed by atoms with Crippen LogP contribution in [0.15, 0.2) is 36.4 Å². The summed E-state index contributed by atoms with van der Waals surface area (Å²) < 4.78 is 37.2. The van der Waals surface area contributed by atoms with Crippen LogP contribution >= 0.6 is 0 Å². The molecule has 0 bridgehead atoms. The Morgan fingerprint density at radius 1 is 1.05 bits per heavy atom. The van der Waals surface area contributed by atoms with Crippen LogP contribution in [-0.2, 0) is 13.0 Å². The standard InChI is InChI=1S/C16H17F2NO2/c1-20-15-5-2-11(6-7-19)8-16(15)21-10-12-3-4-13(17)9-14(12)18/h2-5,8-9H,6-7,10,19H2,1H3. The summed E-state index contributed by atoms with van der Waals surface area (Å²) in [7, 11) is 1.53. The van der Waals surface area contributed by atoms with E-state index in [2.05, 4.69) is 0 Å². The Labute approximate surface area is 122 Å². The predicted molar refractivity (Wildman–Crippen MR) is 76.4 cm³/mol. The van der Waals surface area contributed by atoms with Crippen molar-refractivity contribution in [2.75, 3.05) is 13.7 Å². The molecule has 0 unspecified atom stereocenters. The van der Waals surface area contributed by atoms with Crippen LogP contribution in [0.4, 0.5) is 8.78 Å². The van der Waals surface area contributed by atoms with Crippen LogP contribution in [-0.4, -0.2) is 13.7 Å². The SMILES string of the molecule is COc1ccc(CCN)cc1OCc1ccc(F)cc1F. The lowest BCUT2D eigenvalue weighted by molar-refractivity contribution is 0.279. The summed E-state index contributed by atoms with van der Waals surface area (Å²) >= 11 is 0. The zero-order valence-electron chi connectivity index (χ0n) is 11.7. The van der Waals surface area contributed by atoms with Crippen molar-refractivity contribution in [2.45, 2.75) is 13.0 Å². The Morgan fingerprint density at radius 2 is 1.86 bits per heavy atom. The molecule has 3 nitrogen and oxygen atoms in total. The molecule has 5 heteroatoms. The molecule has 0 spiro atoms. The van der Waals surface area contributed by atoms with E-state index >= 15 is 0 Å². The maximum absolute atomic E-state index is 13.6. The van der Waals surface area contributed by atoms with E-state index in [0.717, 1.165) is 11.6 Å². The highest BCUT2D eigenvalue weighted by Crippen LogP contribution is 2.29. The molecule has 0 radical (unpaired) electrons. The third-order valence-corrected chi connectivity index (χ3v) is 3.06. The Balaban J connectivity index is 2.16. The molecule has 0 aliphatic rings. The number of methoxy groups -OCH3 is 1. The molecule has 0 amide bonds. The van der Waals surface area contributed by atoms with Gasteiger partial charge in [0.2, 0.25) is 0 Å². The second-order valence-corrected chi connectivity index (χ2v) is 4.55. The smallest absolute Gasteiger partial charge is 0.161 e. The van der Waals surface area contributed by atoms with Crippen molar-refractivity contribution >= 4 is 0 Å². The highest BCUT2D eigenvalue weighted by molar-refractivity contribution is 5.43. The molecular weight excluding hydrogens is 276 g/mol.